The van der Waals surface area contributed by atoms with Gasteiger partial charge in [-0.1, -0.05) is 148 Å². The van der Waals surface area contributed by atoms with Crippen LogP contribution in [-0.4, -0.2) is 6.10 Å². The van der Waals surface area contributed by atoms with Crippen LogP contribution in [-0.2, 0) is 6.42 Å². The van der Waals surface area contributed by atoms with Crippen molar-refractivity contribution in [2.45, 2.75) is 131 Å². The zero-order valence-electron chi connectivity index (χ0n) is 33.5. The third-order valence-electron chi connectivity index (χ3n) is 11.2. The lowest BCUT2D eigenvalue weighted by Gasteiger charge is -2.23. The molecule has 4 unspecified atom stereocenters. The largest absolute Gasteiger partial charge is 0.490 e. The molecule has 0 aliphatic heterocycles. The molecule has 3 heteroatoms. The summed E-state index contributed by atoms with van der Waals surface area (Å²) in [5.41, 5.74) is 15.7. The smallest absolute Gasteiger partial charge is 0.128 e. The SMILES string of the molecule is CCCCCC(CCC)Cc1ccc(-c2cc(Oc3ccc4c(c3)/C(N)=C/C=C\C(C)C4C)cc(-c3ccc(OC(CC)CCCCC)cc3)c2)cc1. The monoisotopic (exact) mass is 712 g/mol. The van der Waals surface area contributed by atoms with Gasteiger partial charge in [-0.25, -0.2) is 0 Å². The molecule has 282 valence electrons. The standard InChI is InChI=1S/C50H65NO2/c1-7-11-13-18-38(16-9-3)31-39-21-23-40(24-22-39)42-32-43(41-25-27-45(28-26-41)52-44(10-4)19-14-12-8-2)34-47(33-42)53-46-29-30-48-37(6)36(5)17-15-20-50(51)49(48)35-46/h15,17,20-30,32-38,44H,7-14,16,18-19,31,51H2,1-6H3/b17-15-,50-20-. The molecule has 0 aromatic heterocycles. The molecule has 2 N–H and O–H groups in total. The number of fused-ring (bicyclic) bond motifs is 1. The van der Waals surface area contributed by atoms with Gasteiger partial charge in [-0.3, -0.25) is 0 Å². The van der Waals surface area contributed by atoms with Crippen molar-refractivity contribution in [2.75, 3.05) is 0 Å². The lowest BCUT2D eigenvalue weighted by Crippen LogP contribution is -2.15. The van der Waals surface area contributed by atoms with Gasteiger partial charge in [0.25, 0.3) is 0 Å². The number of hydrogen-bond donors (Lipinski definition) is 1. The van der Waals surface area contributed by atoms with E-state index in [9.17, 15) is 0 Å². The van der Waals surface area contributed by atoms with Crippen molar-refractivity contribution in [1.29, 1.82) is 0 Å². The van der Waals surface area contributed by atoms with E-state index < -0.39 is 0 Å². The van der Waals surface area contributed by atoms with E-state index in [1.54, 1.807) is 0 Å². The molecule has 0 saturated heterocycles. The normalized spacial score (nSPS) is 18.2. The maximum atomic E-state index is 6.71. The molecule has 5 rings (SSSR count). The first-order chi connectivity index (χ1) is 25.8. The van der Waals surface area contributed by atoms with Crippen molar-refractivity contribution < 1.29 is 9.47 Å². The number of ether oxygens (including phenoxy) is 2. The Labute approximate surface area is 321 Å². The first-order valence-corrected chi connectivity index (χ1v) is 20.8. The minimum Gasteiger partial charge on any atom is -0.490 e. The third kappa shape index (κ3) is 11.4. The number of hydrogen-bond acceptors (Lipinski definition) is 3. The number of benzene rings is 4. The molecule has 4 atom stereocenters. The fourth-order valence-corrected chi connectivity index (χ4v) is 7.74. The molecule has 1 aliphatic carbocycles. The second-order valence-corrected chi connectivity index (χ2v) is 15.5. The van der Waals surface area contributed by atoms with E-state index >= 15 is 0 Å². The van der Waals surface area contributed by atoms with E-state index in [-0.39, 0.29) is 6.10 Å². The van der Waals surface area contributed by atoms with Crippen LogP contribution in [0, 0.1) is 11.8 Å². The van der Waals surface area contributed by atoms with Crippen LogP contribution in [0.3, 0.4) is 0 Å². The van der Waals surface area contributed by atoms with Crippen molar-refractivity contribution in [3.8, 4) is 39.5 Å². The van der Waals surface area contributed by atoms with E-state index in [2.05, 4.69) is 139 Å². The molecule has 53 heavy (non-hydrogen) atoms. The quantitative estimate of drug-likeness (QED) is 0.0985. The zero-order chi connectivity index (χ0) is 37.6. The van der Waals surface area contributed by atoms with Crippen LogP contribution in [0.4, 0.5) is 0 Å². The Hall–Kier alpha value is -4.24. The molecule has 0 amide bonds. The summed E-state index contributed by atoms with van der Waals surface area (Å²) in [6.07, 6.45) is 21.4. The highest BCUT2D eigenvalue weighted by Gasteiger charge is 2.20. The molecular formula is C50H65NO2. The van der Waals surface area contributed by atoms with Crippen LogP contribution in [0.25, 0.3) is 28.0 Å². The molecule has 3 nitrogen and oxygen atoms in total. The van der Waals surface area contributed by atoms with Gasteiger partial charge in [0.05, 0.1) is 6.10 Å². The van der Waals surface area contributed by atoms with Crippen LogP contribution in [0.5, 0.6) is 17.2 Å². The minimum absolute atomic E-state index is 0.253. The summed E-state index contributed by atoms with van der Waals surface area (Å²) in [6.45, 7) is 13.6. The number of allylic oxidation sites excluding steroid dienone is 3. The molecule has 0 fully saturated rings. The molecule has 0 heterocycles. The Balaban J connectivity index is 1.45. The van der Waals surface area contributed by atoms with Crippen LogP contribution in [0.15, 0.2) is 103 Å². The second kappa shape index (κ2) is 20.3. The van der Waals surface area contributed by atoms with Gasteiger partial charge in [-0.15, -0.1) is 0 Å². The van der Waals surface area contributed by atoms with Gasteiger partial charge in [0, 0.05) is 11.3 Å². The first-order valence-electron chi connectivity index (χ1n) is 20.8. The summed E-state index contributed by atoms with van der Waals surface area (Å²) < 4.78 is 13.1. The highest BCUT2D eigenvalue weighted by Crippen LogP contribution is 2.38. The van der Waals surface area contributed by atoms with Crippen molar-refractivity contribution >= 4 is 5.70 Å². The third-order valence-corrected chi connectivity index (χ3v) is 11.2. The van der Waals surface area contributed by atoms with Gasteiger partial charge in [-0.2, -0.15) is 0 Å². The van der Waals surface area contributed by atoms with Crippen LogP contribution < -0.4 is 15.2 Å². The topological polar surface area (TPSA) is 44.5 Å². The molecule has 0 radical (unpaired) electrons. The van der Waals surface area contributed by atoms with Gasteiger partial charge in [0.1, 0.15) is 17.2 Å². The van der Waals surface area contributed by atoms with E-state index in [0.29, 0.717) is 11.8 Å². The van der Waals surface area contributed by atoms with Crippen molar-refractivity contribution in [1.82, 2.24) is 0 Å². The van der Waals surface area contributed by atoms with Gasteiger partial charge in [0.15, 0.2) is 0 Å². The maximum Gasteiger partial charge on any atom is 0.128 e. The first kappa shape index (κ1) is 40.0. The van der Waals surface area contributed by atoms with Crippen molar-refractivity contribution in [3.63, 3.8) is 0 Å². The van der Waals surface area contributed by atoms with Crippen molar-refractivity contribution in [3.05, 3.63) is 120 Å². The summed E-state index contributed by atoms with van der Waals surface area (Å²) in [6, 6.07) is 30.9. The predicted octanol–water partition coefficient (Wildman–Crippen LogP) is 14.7. The fourth-order valence-electron chi connectivity index (χ4n) is 7.74. The van der Waals surface area contributed by atoms with E-state index in [1.165, 1.54) is 74.5 Å². The Morgan fingerprint density at radius 3 is 1.91 bits per heavy atom. The molecule has 1 aliphatic rings. The minimum atomic E-state index is 0.253. The summed E-state index contributed by atoms with van der Waals surface area (Å²) in [4.78, 5) is 0. The van der Waals surface area contributed by atoms with E-state index in [0.717, 1.165) is 70.4 Å². The highest BCUT2D eigenvalue weighted by molar-refractivity contribution is 5.76. The summed E-state index contributed by atoms with van der Waals surface area (Å²) in [5.74, 6) is 4.04. The van der Waals surface area contributed by atoms with Gasteiger partial charge in [-0.05, 0) is 125 Å². The lowest BCUT2D eigenvalue weighted by atomic mass is 9.83. The van der Waals surface area contributed by atoms with Crippen LogP contribution in [0.2, 0.25) is 0 Å². The Kier molecular flexibility index (Phi) is 15.3. The second-order valence-electron chi connectivity index (χ2n) is 15.5. The summed E-state index contributed by atoms with van der Waals surface area (Å²) >= 11 is 0. The molecular weight excluding hydrogens is 647 g/mol. The number of unbranched alkanes of at least 4 members (excludes halogenated alkanes) is 4. The van der Waals surface area contributed by atoms with Crippen molar-refractivity contribution in [2.24, 2.45) is 17.6 Å². The van der Waals surface area contributed by atoms with Gasteiger partial charge < -0.3 is 15.2 Å². The van der Waals surface area contributed by atoms with E-state index in [4.69, 9.17) is 15.2 Å². The molecule has 0 saturated carbocycles. The Bertz CT molecular complexity index is 1770. The summed E-state index contributed by atoms with van der Waals surface area (Å²) in [5, 5.41) is 0. The van der Waals surface area contributed by atoms with Crippen LogP contribution in [0.1, 0.15) is 135 Å². The maximum absolute atomic E-state index is 6.71. The average Bonchev–Trinajstić information content (AvgIpc) is 3.17. The Morgan fingerprint density at radius 2 is 1.26 bits per heavy atom. The number of nitrogens with two attached hydrogens (primary N) is 1. The molecule has 4 aromatic rings. The van der Waals surface area contributed by atoms with Crippen LogP contribution >= 0.6 is 0 Å². The fraction of sp³-hybridized carbons (Fsp3) is 0.440. The average molecular weight is 712 g/mol. The molecule has 0 bridgehead atoms. The highest BCUT2D eigenvalue weighted by atomic mass is 16.5. The van der Waals surface area contributed by atoms with Gasteiger partial charge in [0.2, 0.25) is 0 Å². The molecule has 0 spiro atoms. The predicted molar refractivity (Wildman–Crippen MR) is 228 cm³/mol. The van der Waals surface area contributed by atoms with E-state index in [1.807, 2.05) is 6.08 Å². The summed E-state index contributed by atoms with van der Waals surface area (Å²) in [7, 11) is 0. The zero-order valence-corrected chi connectivity index (χ0v) is 33.5. The number of rotatable bonds is 19. The Morgan fingerprint density at radius 1 is 0.623 bits per heavy atom. The molecule has 4 aromatic carbocycles. The lowest BCUT2D eigenvalue weighted by molar-refractivity contribution is 0.183. The van der Waals surface area contributed by atoms with Gasteiger partial charge >= 0.3 is 0 Å².